The number of rotatable bonds is 5. The lowest BCUT2D eigenvalue weighted by Crippen LogP contribution is -2.30. The maximum atomic E-state index is 13.3. The third-order valence-electron chi connectivity index (χ3n) is 5.04. The largest absolute Gasteiger partial charge is 0.335 e. The molecule has 0 N–H and O–H groups in total. The molecule has 0 saturated carbocycles. The molecule has 0 aliphatic carbocycles. The first-order valence-corrected chi connectivity index (χ1v) is 10.1. The Balaban J connectivity index is 1.70. The van der Waals surface area contributed by atoms with Crippen LogP contribution in [0, 0.1) is 6.92 Å². The lowest BCUT2D eigenvalue weighted by Gasteiger charge is -2.25. The minimum Gasteiger partial charge on any atom is -0.335 e. The molecule has 6 heteroatoms. The number of carbonyl (C=O) groups is 1. The topological polar surface area (TPSA) is 51.0 Å². The van der Waals surface area contributed by atoms with Gasteiger partial charge in [0.25, 0.3) is 5.91 Å². The molecule has 3 aromatic heterocycles. The van der Waals surface area contributed by atoms with Crippen molar-refractivity contribution >= 4 is 28.3 Å². The molecular weight excluding hydrogens is 368 g/mol. The second-order valence-electron chi connectivity index (χ2n) is 6.93. The van der Waals surface area contributed by atoms with Gasteiger partial charge in [-0.3, -0.25) is 4.79 Å². The zero-order valence-corrected chi connectivity index (χ0v) is 17.0. The summed E-state index contributed by atoms with van der Waals surface area (Å²) in [5.74, 6) is -0.0254. The summed E-state index contributed by atoms with van der Waals surface area (Å²) in [7, 11) is 1.84. The van der Waals surface area contributed by atoms with Crippen molar-refractivity contribution in [2.45, 2.75) is 26.4 Å². The van der Waals surface area contributed by atoms with Crippen LogP contribution in [0.5, 0.6) is 0 Å². The van der Waals surface area contributed by atoms with Gasteiger partial charge in [-0.25, -0.2) is 9.67 Å². The molecular formula is C22H22N4OS. The predicted molar refractivity (Wildman–Crippen MR) is 113 cm³/mol. The predicted octanol–water partition coefficient (Wildman–Crippen LogP) is 4.68. The Kier molecular flexibility index (Phi) is 4.96. The van der Waals surface area contributed by atoms with Crippen LogP contribution in [0.25, 0.3) is 11.0 Å². The van der Waals surface area contributed by atoms with Crippen LogP contribution in [-0.2, 0) is 6.54 Å². The number of pyridine rings is 1. The first kappa shape index (κ1) is 18.4. The Morgan fingerprint density at radius 3 is 2.71 bits per heavy atom. The van der Waals surface area contributed by atoms with Gasteiger partial charge in [-0.2, -0.15) is 5.10 Å². The maximum absolute atomic E-state index is 13.3. The highest BCUT2D eigenvalue weighted by molar-refractivity contribution is 7.09. The molecule has 0 saturated heterocycles. The van der Waals surface area contributed by atoms with Gasteiger partial charge < -0.3 is 4.90 Å². The molecule has 4 aromatic rings. The van der Waals surface area contributed by atoms with Crippen LogP contribution in [0.1, 0.15) is 39.5 Å². The van der Waals surface area contributed by atoms with Crippen molar-refractivity contribution in [3.05, 3.63) is 81.8 Å². The fourth-order valence-electron chi connectivity index (χ4n) is 3.34. The number of aromatic nitrogens is 3. The van der Waals surface area contributed by atoms with Crippen LogP contribution < -0.4 is 0 Å². The van der Waals surface area contributed by atoms with E-state index in [1.54, 1.807) is 22.4 Å². The number of hydrogen-bond acceptors (Lipinski definition) is 4. The first-order valence-electron chi connectivity index (χ1n) is 9.22. The van der Waals surface area contributed by atoms with Crippen LogP contribution in [0.2, 0.25) is 0 Å². The molecule has 3 heterocycles. The molecule has 1 amide bonds. The van der Waals surface area contributed by atoms with E-state index in [-0.39, 0.29) is 11.9 Å². The van der Waals surface area contributed by atoms with Gasteiger partial charge in [0.05, 0.1) is 29.7 Å². The summed E-state index contributed by atoms with van der Waals surface area (Å²) in [5, 5.41) is 7.35. The van der Waals surface area contributed by atoms with E-state index >= 15 is 0 Å². The number of aryl methyl sites for hydroxylation is 1. The van der Waals surface area contributed by atoms with E-state index in [0.29, 0.717) is 12.1 Å². The average Bonchev–Trinajstić information content (AvgIpc) is 3.37. The van der Waals surface area contributed by atoms with E-state index in [0.717, 1.165) is 22.3 Å². The standard InChI is InChI=1S/C22H22N4OS/c1-15-12-19(22(27)25(3)16(2)17-8-5-4-6-9-17)20-13-23-26(21(20)24-15)14-18-10-7-11-28-18/h4-13,16H,14H2,1-3H3/t16-/m1/s1. The van der Waals surface area contributed by atoms with Gasteiger partial charge in [-0.05, 0) is 36.9 Å². The summed E-state index contributed by atoms with van der Waals surface area (Å²) in [5.41, 5.74) is 3.31. The highest BCUT2D eigenvalue weighted by Crippen LogP contribution is 2.25. The Morgan fingerprint density at radius 2 is 2.00 bits per heavy atom. The summed E-state index contributed by atoms with van der Waals surface area (Å²) < 4.78 is 1.87. The Morgan fingerprint density at radius 1 is 1.21 bits per heavy atom. The first-order chi connectivity index (χ1) is 13.5. The molecule has 28 heavy (non-hydrogen) atoms. The van der Waals surface area contributed by atoms with Gasteiger partial charge in [-0.1, -0.05) is 36.4 Å². The molecule has 5 nitrogen and oxygen atoms in total. The molecule has 0 fully saturated rings. The van der Waals surface area contributed by atoms with E-state index in [9.17, 15) is 4.79 Å². The monoisotopic (exact) mass is 390 g/mol. The normalized spacial score (nSPS) is 12.2. The minimum atomic E-state index is -0.0293. The smallest absolute Gasteiger partial charge is 0.254 e. The maximum Gasteiger partial charge on any atom is 0.254 e. The summed E-state index contributed by atoms with van der Waals surface area (Å²) in [6, 6.07) is 16.0. The van der Waals surface area contributed by atoms with Crippen molar-refractivity contribution in [2.75, 3.05) is 7.05 Å². The molecule has 1 aromatic carbocycles. The van der Waals surface area contributed by atoms with Crippen molar-refractivity contribution in [3.8, 4) is 0 Å². The van der Waals surface area contributed by atoms with E-state index in [1.165, 1.54) is 4.88 Å². The lowest BCUT2D eigenvalue weighted by molar-refractivity contribution is 0.0744. The van der Waals surface area contributed by atoms with Gasteiger partial charge >= 0.3 is 0 Å². The molecule has 1 atom stereocenters. The number of carbonyl (C=O) groups excluding carboxylic acids is 1. The van der Waals surface area contributed by atoms with Crippen LogP contribution in [0.4, 0.5) is 0 Å². The third kappa shape index (κ3) is 3.43. The number of benzene rings is 1. The Hall–Kier alpha value is -2.99. The van der Waals surface area contributed by atoms with Gasteiger partial charge in [0, 0.05) is 17.6 Å². The van der Waals surface area contributed by atoms with Crippen molar-refractivity contribution in [2.24, 2.45) is 0 Å². The molecule has 0 aliphatic rings. The molecule has 142 valence electrons. The van der Waals surface area contributed by atoms with Crippen molar-refractivity contribution in [1.29, 1.82) is 0 Å². The molecule has 0 radical (unpaired) electrons. The van der Waals surface area contributed by atoms with Gasteiger partial charge in [0.1, 0.15) is 0 Å². The van der Waals surface area contributed by atoms with E-state index in [2.05, 4.69) is 21.5 Å². The third-order valence-corrected chi connectivity index (χ3v) is 5.90. The number of hydrogen-bond donors (Lipinski definition) is 0. The van der Waals surface area contributed by atoms with Crippen molar-refractivity contribution in [3.63, 3.8) is 0 Å². The Bertz CT molecular complexity index is 1100. The molecule has 4 rings (SSSR count). The summed E-state index contributed by atoms with van der Waals surface area (Å²) >= 11 is 1.69. The highest BCUT2D eigenvalue weighted by Gasteiger charge is 2.23. The SMILES string of the molecule is Cc1cc(C(=O)N(C)[C@H](C)c2ccccc2)c2cnn(Cc3cccs3)c2n1. The fourth-order valence-corrected chi connectivity index (χ4v) is 4.02. The van der Waals surface area contributed by atoms with Gasteiger partial charge in [-0.15, -0.1) is 11.3 Å². The zero-order chi connectivity index (χ0) is 19.7. The van der Waals surface area contributed by atoms with Crippen molar-refractivity contribution < 1.29 is 4.79 Å². The number of amides is 1. The molecule has 0 bridgehead atoms. The average molecular weight is 391 g/mol. The number of nitrogens with zero attached hydrogens (tertiary/aromatic N) is 4. The summed E-state index contributed by atoms with van der Waals surface area (Å²) in [4.78, 5) is 21.0. The van der Waals surface area contributed by atoms with Crippen molar-refractivity contribution in [1.82, 2.24) is 19.7 Å². The van der Waals surface area contributed by atoms with Gasteiger partial charge in [0.15, 0.2) is 5.65 Å². The van der Waals surface area contributed by atoms with E-state index in [1.807, 2.05) is 68.0 Å². The summed E-state index contributed by atoms with van der Waals surface area (Å²) in [6.07, 6.45) is 1.75. The van der Waals surface area contributed by atoms with Gasteiger partial charge in [0.2, 0.25) is 0 Å². The number of thiophene rings is 1. The minimum absolute atomic E-state index is 0.0254. The second-order valence-corrected chi connectivity index (χ2v) is 7.97. The lowest BCUT2D eigenvalue weighted by atomic mass is 10.1. The van der Waals surface area contributed by atoms with Crippen LogP contribution >= 0.6 is 11.3 Å². The zero-order valence-electron chi connectivity index (χ0n) is 16.2. The highest BCUT2D eigenvalue weighted by atomic mass is 32.1. The second kappa shape index (κ2) is 7.56. The van der Waals surface area contributed by atoms with E-state index in [4.69, 9.17) is 0 Å². The fraction of sp³-hybridized carbons (Fsp3) is 0.227. The molecule has 0 aliphatic heterocycles. The van der Waals surface area contributed by atoms with Crippen LogP contribution in [0.3, 0.4) is 0 Å². The van der Waals surface area contributed by atoms with Crippen LogP contribution in [0.15, 0.2) is 60.1 Å². The summed E-state index contributed by atoms with van der Waals surface area (Å²) in [6.45, 7) is 4.61. The quantitative estimate of drug-likeness (QED) is 0.497. The molecule has 0 spiro atoms. The van der Waals surface area contributed by atoms with E-state index < -0.39 is 0 Å². The number of fused-ring (bicyclic) bond motifs is 1. The molecule has 0 unspecified atom stereocenters. The Labute approximate surface area is 168 Å². The van der Waals surface area contributed by atoms with Crippen LogP contribution in [-0.4, -0.2) is 32.6 Å².